The summed E-state index contributed by atoms with van der Waals surface area (Å²) in [7, 11) is 0. The van der Waals surface area contributed by atoms with E-state index in [4.69, 9.17) is 8.83 Å². The molecular formula is C19H20N4O3S2. The van der Waals surface area contributed by atoms with Gasteiger partial charge in [0.25, 0.3) is 11.4 Å². The number of thioether (sulfide) groups is 1. The molecule has 0 spiro atoms. The Morgan fingerprint density at radius 2 is 2.21 bits per heavy atom. The van der Waals surface area contributed by atoms with Crippen LogP contribution in [0, 0.1) is 12.8 Å². The van der Waals surface area contributed by atoms with Crippen molar-refractivity contribution in [2.24, 2.45) is 5.92 Å². The Balaban J connectivity index is 1.54. The molecule has 28 heavy (non-hydrogen) atoms. The molecule has 4 rings (SSSR count). The molecule has 0 aliphatic rings. The summed E-state index contributed by atoms with van der Waals surface area (Å²) in [6.07, 6.45) is 3.54. The number of nitrogens with zero attached hydrogens (tertiary/aromatic N) is 3. The van der Waals surface area contributed by atoms with Gasteiger partial charge in [-0.3, -0.25) is 4.79 Å². The first-order valence-electron chi connectivity index (χ1n) is 9.06. The minimum absolute atomic E-state index is 0.0862. The maximum atomic E-state index is 12.7. The van der Waals surface area contributed by atoms with Gasteiger partial charge >= 0.3 is 0 Å². The zero-order valence-electron chi connectivity index (χ0n) is 15.8. The van der Waals surface area contributed by atoms with Gasteiger partial charge in [0.1, 0.15) is 4.83 Å². The fraction of sp³-hybridized carbons (Fsp3) is 0.368. The van der Waals surface area contributed by atoms with Gasteiger partial charge in [-0.25, -0.2) is 4.98 Å². The summed E-state index contributed by atoms with van der Waals surface area (Å²) in [5.74, 6) is 2.25. The Hall–Kier alpha value is -2.39. The number of hydrogen-bond donors (Lipinski definition) is 1. The highest BCUT2D eigenvalue weighted by Crippen LogP contribution is 2.31. The normalized spacial score (nSPS) is 12.7. The van der Waals surface area contributed by atoms with Crippen molar-refractivity contribution in [2.45, 2.75) is 44.5 Å². The van der Waals surface area contributed by atoms with Crippen LogP contribution in [0.5, 0.6) is 0 Å². The van der Waals surface area contributed by atoms with E-state index >= 15 is 0 Å². The second-order valence-electron chi connectivity index (χ2n) is 6.67. The molecule has 4 aromatic heterocycles. The van der Waals surface area contributed by atoms with Gasteiger partial charge in [-0.05, 0) is 37.0 Å². The minimum atomic E-state index is -0.0862. The lowest BCUT2D eigenvalue weighted by Gasteiger charge is -2.08. The van der Waals surface area contributed by atoms with Crippen LogP contribution in [-0.2, 0) is 12.2 Å². The summed E-state index contributed by atoms with van der Waals surface area (Å²) in [5, 5.41) is 9.27. The Kier molecular flexibility index (Phi) is 5.36. The van der Waals surface area contributed by atoms with Crippen LogP contribution >= 0.6 is 23.1 Å². The fourth-order valence-corrected chi connectivity index (χ4v) is 4.71. The molecule has 0 saturated heterocycles. The van der Waals surface area contributed by atoms with E-state index in [1.54, 1.807) is 29.7 Å². The number of H-pyrrole nitrogens is 1. The summed E-state index contributed by atoms with van der Waals surface area (Å²) in [4.78, 5) is 22.2. The number of aromatic nitrogens is 4. The summed E-state index contributed by atoms with van der Waals surface area (Å²) in [6, 6.07) is 3.52. The first kappa shape index (κ1) is 18.9. The molecule has 4 aromatic rings. The topological polar surface area (TPSA) is 97.8 Å². The van der Waals surface area contributed by atoms with E-state index in [0.29, 0.717) is 34.4 Å². The zero-order chi connectivity index (χ0) is 19.7. The Bertz CT molecular complexity index is 1140. The van der Waals surface area contributed by atoms with E-state index in [2.05, 4.69) is 40.9 Å². The lowest BCUT2D eigenvalue weighted by Crippen LogP contribution is -2.11. The van der Waals surface area contributed by atoms with Gasteiger partial charge in [0.05, 0.1) is 17.4 Å². The Morgan fingerprint density at radius 1 is 1.36 bits per heavy atom. The van der Waals surface area contributed by atoms with E-state index in [9.17, 15) is 4.79 Å². The highest BCUT2D eigenvalue weighted by atomic mass is 32.2. The molecule has 0 fully saturated rings. The van der Waals surface area contributed by atoms with Crippen LogP contribution in [0.2, 0.25) is 0 Å². The van der Waals surface area contributed by atoms with E-state index in [1.807, 2.05) is 0 Å². The molecule has 0 amide bonds. The van der Waals surface area contributed by atoms with Gasteiger partial charge in [0.15, 0.2) is 10.9 Å². The molecule has 0 radical (unpaired) electrons. The summed E-state index contributed by atoms with van der Waals surface area (Å²) in [6.45, 7) is 6.43. The van der Waals surface area contributed by atoms with Crippen LogP contribution in [0.4, 0.5) is 0 Å². The number of thiophene rings is 1. The molecule has 0 unspecified atom stereocenters. The highest BCUT2D eigenvalue weighted by molar-refractivity contribution is 7.98. The van der Waals surface area contributed by atoms with Crippen LogP contribution in [0.3, 0.4) is 0 Å². The number of furan rings is 1. The number of aromatic amines is 1. The lowest BCUT2D eigenvalue weighted by molar-refractivity contribution is 0.494. The maximum absolute atomic E-state index is 12.7. The molecule has 1 N–H and O–H groups in total. The van der Waals surface area contributed by atoms with Gasteiger partial charge in [-0.15, -0.1) is 21.5 Å². The average molecular weight is 417 g/mol. The quantitative estimate of drug-likeness (QED) is 0.341. The van der Waals surface area contributed by atoms with Crippen LogP contribution in [0.15, 0.2) is 37.2 Å². The van der Waals surface area contributed by atoms with E-state index in [-0.39, 0.29) is 5.56 Å². The first-order valence-corrected chi connectivity index (χ1v) is 10.9. The second-order valence-corrected chi connectivity index (χ2v) is 8.84. The molecule has 1 atom stereocenters. The van der Waals surface area contributed by atoms with E-state index < -0.39 is 0 Å². The van der Waals surface area contributed by atoms with Crippen molar-refractivity contribution in [3.63, 3.8) is 0 Å². The van der Waals surface area contributed by atoms with Crippen molar-refractivity contribution < 1.29 is 8.83 Å². The zero-order valence-corrected chi connectivity index (χ0v) is 17.4. The van der Waals surface area contributed by atoms with Crippen molar-refractivity contribution in [3.8, 4) is 11.7 Å². The van der Waals surface area contributed by atoms with Crippen molar-refractivity contribution in [2.75, 3.05) is 0 Å². The van der Waals surface area contributed by atoms with Crippen molar-refractivity contribution >= 4 is 33.3 Å². The summed E-state index contributed by atoms with van der Waals surface area (Å²) >= 11 is 2.94. The van der Waals surface area contributed by atoms with Crippen molar-refractivity contribution in [1.82, 2.24) is 20.2 Å². The molecule has 0 saturated carbocycles. The van der Waals surface area contributed by atoms with E-state index in [0.717, 1.165) is 33.5 Å². The largest absolute Gasteiger partial charge is 0.459 e. The molecule has 0 aromatic carbocycles. The molecule has 146 valence electrons. The highest BCUT2D eigenvalue weighted by Gasteiger charge is 2.17. The average Bonchev–Trinajstić information content (AvgIpc) is 3.40. The summed E-state index contributed by atoms with van der Waals surface area (Å²) < 4.78 is 10.8. The van der Waals surface area contributed by atoms with Crippen molar-refractivity contribution in [3.05, 3.63) is 45.1 Å². The SMILES string of the molecule is CC[C@H](C)Cc1c(C)sc2nc(SCc3nnc(-c4ccco4)o3)[nH]c(=O)c12. The van der Waals surface area contributed by atoms with E-state index in [1.165, 1.54) is 11.8 Å². The van der Waals surface area contributed by atoms with Gasteiger partial charge < -0.3 is 13.8 Å². The third-order valence-electron chi connectivity index (χ3n) is 4.62. The third-order valence-corrected chi connectivity index (χ3v) is 6.52. The lowest BCUT2D eigenvalue weighted by atomic mass is 9.98. The Morgan fingerprint density at radius 3 is 2.96 bits per heavy atom. The molecule has 0 aliphatic carbocycles. The third kappa shape index (κ3) is 3.77. The predicted octanol–water partition coefficient (Wildman–Crippen LogP) is 4.82. The van der Waals surface area contributed by atoms with Gasteiger partial charge in [-0.2, -0.15) is 0 Å². The van der Waals surface area contributed by atoms with Crippen LogP contribution in [0.1, 0.15) is 36.6 Å². The molecule has 0 bridgehead atoms. The molecular weight excluding hydrogens is 396 g/mol. The van der Waals surface area contributed by atoms with Gasteiger partial charge in [-0.1, -0.05) is 32.0 Å². The predicted molar refractivity (Wildman–Crippen MR) is 110 cm³/mol. The maximum Gasteiger partial charge on any atom is 0.283 e. The van der Waals surface area contributed by atoms with Crippen LogP contribution in [-0.4, -0.2) is 20.2 Å². The van der Waals surface area contributed by atoms with Crippen LogP contribution in [0.25, 0.3) is 21.9 Å². The molecule has 0 aliphatic heterocycles. The smallest absolute Gasteiger partial charge is 0.283 e. The van der Waals surface area contributed by atoms with Gasteiger partial charge in [0, 0.05) is 4.88 Å². The first-order chi connectivity index (χ1) is 13.5. The van der Waals surface area contributed by atoms with Crippen molar-refractivity contribution in [1.29, 1.82) is 0 Å². The molecule has 9 heteroatoms. The monoisotopic (exact) mass is 416 g/mol. The molecule has 4 heterocycles. The van der Waals surface area contributed by atoms with Gasteiger partial charge in [0.2, 0.25) is 5.89 Å². The molecule has 7 nitrogen and oxygen atoms in total. The summed E-state index contributed by atoms with van der Waals surface area (Å²) in [5.41, 5.74) is 1.04. The Labute approximate surface area is 169 Å². The standard InChI is InChI=1S/C19H20N4O3S2/c1-4-10(2)8-12-11(3)28-18-15(12)16(24)20-19(21-18)27-9-14-22-23-17(26-14)13-6-5-7-25-13/h5-7,10H,4,8-9H2,1-3H3,(H,20,21,24)/t10-/m0/s1. The number of rotatable bonds is 7. The minimum Gasteiger partial charge on any atom is -0.459 e. The second kappa shape index (κ2) is 7.92. The van der Waals surface area contributed by atoms with Crippen LogP contribution < -0.4 is 5.56 Å². The number of hydrogen-bond acceptors (Lipinski definition) is 8. The number of nitrogens with one attached hydrogen (secondary N) is 1. The number of aryl methyl sites for hydroxylation is 1. The number of fused-ring (bicyclic) bond motifs is 1. The fourth-order valence-electron chi connectivity index (χ4n) is 2.90.